The minimum absolute atomic E-state index is 0.0634. The standard InChI is InChI=1S/C19H24ClNO5/c1-6-9-21-19(23)13(4)26-17(22)8-7-14-10-15(20)18(25-12(2)3)16(11-14)24-5/h6-8,10-13H,1,9H2,2-5H3,(H,21,23)/b8-7+/t13-/m1/s1. The van der Waals surface area contributed by atoms with Crippen LogP contribution >= 0.6 is 11.6 Å². The molecule has 7 heteroatoms. The van der Waals surface area contributed by atoms with Gasteiger partial charge in [0.1, 0.15) is 0 Å². The van der Waals surface area contributed by atoms with Gasteiger partial charge in [0.25, 0.3) is 5.91 Å². The van der Waals surface area contributed by atoms with Crippen molar-refractivity contribution < 1.29 is 23.8 Å². The van der Waals surface area contributed by atoms with Crippen molar-refractivity contribution >= 4 is 29.6 Å². The number of hydrogen-bond donors (Lipinski definition) is 1. The molecule has 1 amide bonds. The Kier molecular flexibility index (Phi) is 8.72. The number of hydrogen-bond acceptors (Lipinski definition) is 5. The summed E-state index contributed by atoms with van der Waals surface area (Å²) in [4.78, 5) is 23.5. The summed E-state index contributed by atoms with van der Waals surface area (Å²) < 4.78 is 16.0. The predicted molar refractivity (Wildman–Crippen MR) is 102 cm³/mol. The highest BCUT2D eigenvalue weighted by atomic mass is 35.5. The Morgan fingerprint density at radius 3 is 2.58 bits per heavy atom. The van der Waals surface area contributed by atoms with E-state index in [1.165, 1.54) is 32.3 Å². The highest BCUT2D eigenvalue weighted by Gasteiger charge is 2.16. The molecule has 0 aliphatic carbocycles. The lowest BCUT2D eigenvalue weighted by molar-refractivity contribution is -0.150. The zero-order valence-corrected chi connectivity index (χ0v) is 16.1. The first kappa shape index (κ1) is 21.6. The van der Waals surface area contributed by atoms with E-state index in [1.807, 2.05) is 13.8 Å². The summed E-state index contributed by atoms with van der Waals surface area (Å²) in [6.45, 7) is 9.05. The predicted octanol–water partition coefficient (Wildman–Crippen LogP) is 3.38. The number of benzene rings is 1. The second-order valence-corrected chi connectivity index (χ2v) is 6.05. The summed E-state index contributed by atoms with van der Waals surface area (Å²) in [7, 11) is 1.50. The Balaban J connectivity index is 2.81. The fourth-order valence-electron chi connectivity index (χ4n) is 1.93. The van der Waals surface area contributed by atoms with Gasteiger partial charge in [0, 0.05) is 12.6 Å². The third-order valence-electron chi connectivity index (χ3n) is 3.10. The molecule has 0 heterocycles. The number of amides is 1. The molecule has 0 aromatic heterocycles. The maximum Gasteiger partial charge on any atom is 0.331 e. The van der Waals surface area contributed by atoms with Crippen LogP contribution in [0.1, 0.15) is 26.3 Å². The average Bonchev–Trinajstić information content (AvgIpc) is 2.59. The number of carbonyl (C=O) groups excluding carboxylic acids is 2. The minimum Gasteiger partial charge on any atom is -0.493 e. The van der Waals surface area contributed by atoms with Crippen LogP contribution in [0.2, 0.25) is 5.02 Å². The van der Waals surface area contributed by atoms with Crippen LogP contribution in [0.5, 0.6) is 11.5 Å². The molecule has 0 aliphatic rings. The third kappa shape index (κ3) is 6.80. The Hall–Kier alpha value is -2.47. The maximum atomic E-state index is 11.9. The molecule has 0 aliphatic heterocycles. The molecule has 0 spiro atoms. The van der Waals surface area contributed by atoms with E-state index in [2.05, 4.69) is 11.9 Å². The number of halogens is 1. The van der Waals surface area contributed by atoms with Crippen LogP contribution in [-0.4, -0.2) is 37.7 Å². The highest BCUT2D eigenvalue weighted by Crippen LogP contribution is 2.37. The SMILES string of the molecule is C=CCNC(=O)[C@@H](C)OC(=O)/C=C/c1cc(Cl)c(OC(C)C)c(OC)c1. The van der Waals surface area contributed by atoms with Crippen molar-refractivity contribution in [2.75, 3.05) is 13.7 Å². The molecule has 1 atom stereocenters. The second kappa shape index (κ2) is 10.5. The lowest BCUT2D eigenvalue weighted by Crippen LogP contribution is -2.35. The van der Waals surface area contributed by atoms with E-state index in [-0.39, 0.29) is 6.10 Å². The molecule has 0 saturated carbocycles. The monoisotopic (exact) mass is 381 g/mol. The van der Waals surface area contributed by atoms with Gasteiger partial charge < -0.3 is 19.5 Å². The molecule has 0 bridgehead atoms. The summed E-state index contributed by atoms with van der Waals surface area (Å²) in [5, 5.41) is 2.91. The average molecular weight is 382 g/mol. The number of carbonyl (C=O) groups is 2. The first-order chi connectivity index (χ1) is 12.3. The minimum atomic E-state index is -0.910. The van der Waals surface area contributed by atoms with Gasteiger partial charge in [0.15, 0.2) is 17.6 Å². The second-order valence-electron chi connectivity index (χ2n) is 5.65. The molecule has 6 nitrogen and oxygen atoms in total. The Labute approximate surface area is 158 Å². The number of nitrogens with one attached hydrogen (secondary N) is 1. The van der Waals surface area contributed by atoms with Gasteiger partial charge in [-0.3, -0.25) is 4.79 Å². The van der Waals surface area contributed by atoms with E-state index in [9.17, 15) is 9.59 Å². The summed E-state index contributed by atoms with van der Waals surface area (Å²) in [5.41, 5.74) is 0.628. The summed E-state index contributed by atoms with van der Waals surface area (Å²) in [6.07, 6.45) is 3.30. The van der Waals surface area contributed by atoms with Crippen LogP contribution in [0.25, 0.3) is 6.08 Å². The van der Waals surface area contributed by atoms with E-state index in [0.717, 1.165) is 0 Å². The van der Waals surface area contributed by atoms with Gasteiger partial charge in [-0.2, -0.15) is 0 Å². The van der Waals surface area contributed by atoms with E-state index in [1.54, 1.807) is 12.1 Å². The molecule has 1 rings (SSSR count). The van der Waals surface area contributed by atoms with Crippen molar-refractivity contribution in [3.05, 3.63) is 41.4 Å². The van der Waals surface area contributed by atoms with Crippen molar-refractivity contribution in [1.29, 1.82) is 0 Å². The zero-order valence-electron chi connectivity index (χ0n) is 15.4. The highest BCUT2D eigenvalue weighted by molar-refractivity contribution is 6.32. The number of methoxy groups -OCH3 is 1. The Bertz CT molecular complexity index is 685. The molecule has 0 radical (unpaired) electrons. The smallest absolute Gasteiger partial charge is 0.331 e. The van der Waals surface area contributed by atoms with Crippen LogP contribution in [-0.2, 0) is 14.3 Å². The molecule has 1 N–H and O–H groups in total. The third-order valence-corrected chi connectivity index (χ3v) is 3.38. The van der Waals surface area contributed by atoms with Gasteiger partial charge in [0.2, 0.25) is 0 Å². The van der Waals surface area contributed by atoms with Crippen molar-refractivity contribution in [3.8, 4) is 11.5 Å². The molecule has 26 heavy (non-hydrogen) atoms. The normalized spacial score (nSPS) is 11.9. The van der Waals surface area contributed by atoms with Crippen LogP contribution in [0.3, 0.4) is 0 Å². The number of esters is 1. The van der Waals surface area contributed by atoms with E-state index >= 15 is 0 Å². The number of rotatable bonds is 9. The van der Waals surface area contributed by atoms with E-state index in [4.69, 9.17) is 25.8 Å². The lowest BCUT2D eigenvalue weighted by Gasteiger charge is -2.15. The van der Waals surface area contributed by atoms with E-state index in [0.29, 0.717) is 28.6 Å². The number of ether oxygens (including phenoxy) is 3. The van der Waals surface area contributed by atoms with Crippen LogP contribution in [0.4, 0.5) is 0 Å². The van der Waals surface area contributed by atoms with Gasteiger partial charge in [0.05, 0.1) is 18.2 Å². The van der Waals surface area contributed by atoms with Crippen LogP contribution in [0.15, 0.2) is 30.9 Å². The van der Waals surface area contributed by atoms with Gasteiger partial charge in [-0.05, 0) is 44.5 Å². The first-order valence-electron chi connectivity index (χ1n) is 8.10. The quantitative estimate of drug-likeness (QED) is 0.403. The fraction of sp³-hybridized carbons (Fsp3) is 0.368. The van der Waals surface area contributed by atoms with Crippen molar-refractivity contribution in [2.24, 2.45) is 0 Å². The lowest BCUT2D eigenvalue weighted by atomic mass is 10.2. The Morgan fingerprint density at radius 2 is 2.00 bits per heavy atom. The van der Waals surface area contributed by atoms with Gasteiger partial charge >= 0.3 is 5.97 Å². The molecule has 0 fully saturated rings. The molecule has 0 saturated heterocycles. The summed E-state index contributed by atoms with van der Waals surface area (Å²) >= 11 is 6.23. The summed E-state index contributed by atoms with van der Waals surface area (Å²) in [5.74, 6) is -0.150. The van der Waals surface area contributed by atoms with Gasteiger partial charge in [-0.25, -0.2) is 4.79 Å². The van der Waals surface area contributed by atoms with Crippen LogP contribution in [0, 0.1) is 0 Å². The molecular weight excluding hydrogens is 358 g/mol. The topological polar surface area (TPSA) is 73.9 Å². The Morgan fingerprint density at radius 1 is 1.31 bits per heavy atom. The molecule has 1 aromatic carbocycles. The maximum absolute atomic E-state index is 11.9. The van der Waals surface area contributed by atoms with Crippen molar-refractivity contribution in [3.63, 3.8) is 0 Å². The van der Waals surface area contributed by atoms with Gasteiger partial charge in [-0.15, -0.1) is 6.58 Å². The summed E-state index contributed by atoms with van der Waals surface area (Å²) in [6, 6.07) is 3.33. The molecule has 0 unspecified atom stereocenters. The molecule has 1 aromatic rings. The largest absolute Gasteiger partial charge is 0.493 e. The van der Waals surface area contributed by atoms with Crippen LogP contribution < -0.4 is 14.8 Å². The zero-order chi connectivity index (χ0) is 19.7. The van der Waals surface area contributed by atoms with E-state index < -0.39 is 18.0 Å². The van der Waals surface area contributed by atoms with Gasteiger partial charge in [-0.1, -0.05) is 17.7 Å². The van der Waals surface area contributed by atoms with Crippen molar-refractivity contribution in [2.45, 2.75) is 33.0 Å². The van der Waals surface area contributed by atoms with Crippen molar-refractivity contribution in [1.82, 2.24) is 5.32 Å². The molecular formula is C19H24ClNO5. The molecule has 142 valence electrons. The first-order valence-corrected chi connectivity index (χ1v) is 8.47. The fourth-order valence-corrected chi connectivity index (χ4v) is 2.20.